The molecule has 1 fully saturated rings. The van der Waals surface area contributed by atoms with Crippen molar-refractivity contribution in [3.63, 3.8) is 0 Å². The Morgan fingerprint density at radius 1 is 1.21 bits per heavy atom. The molecule has 48 heavy (non-hydrogen) atoms. The molecule has 2 heterocycles. The summed E-state index contributed by atoms with van der Waals surface area (Å²) in [5, 5.41) is 6.88. The van der Waals surface area contributed by atoms with Gasteiger partial charge in [0.15, 0.2) is 14.0 Å². The lowest BCUT2D eigenvalue weighted by Gasteiger charge is -2.42. The third kappa shape index (κ3) is 11.6. The van der Waals surface area contributed by atoms with E-state index >= 15 is 0 Å². The van der Waals surface area contributed by atoms with Gasteiger partial charge in [-0.3, -0.25) is 19.3 Å². The number of hydroxylamine groups is 2. The SMILES string of the molecule is C#CCCCON(C(=O)[C@H](C(=O)N[C@H]1CCCCN1C)[C@@H](C)CC)[C@H](C[C@@H](O[Si](C)(C)C(C)(C)C)c1nc(C(=O)OCC)cs1)C(C)C. The summed E-state index contributed by atoms with van der Waals surface area (Å²) in [6.45, 7) is 22.0. The molecule has 1 N–H and O–H groups in total. The average Bonchev–Trinajstić information content (AvgIpc) is 3.51. The lowest BCUT2D eigenvalue weighted by atomic mass is 9.88. The number of rotatable bonds is 18. The molecule has 0 aliphatic carbocycles. The maximum atomic E-state index is 14.7. The summed E-state index contributed by atoms with van der Waals surface area (Å²) >= 11 is 1.35. The van der Waals surface area contributed by atoms with Gasteiger partial charge in [-0.1, -0.05) is 54.9 Å². The zero-order valence-electron chi connectivity index (χ0n) is 31.4. The monoisotopic (exact) mass is 706 g/mol. The highest BCUT2D eigenvalue weighted by molar-refractivity contribution is 7.09. The number of carbonyl (C=O) groups excluding carboxylic acids is 3. The first-order valence-corrected chi connectivity index (χ1v) is 21.5. The van der Waals surface area contributed by atoms with Crippen molar-refractivity contribution < 1.29 is 28.4 Å². The fraction of sp³-hybridized carbons (Fsp3) is 0.778. The molecule has 1 aliphatic heterocycles. The number of thiazole rings is 1. The topological polar surface area (TPSA) is 110 Å². The summed E-state index contributed by atoms with van der Waals surface area (Å²) < 4.78 is 12.2. The van der Waals surface area contributed by atoms with Crippen LogP contribution in [0.15, 0.2) is 5.38 Å². The quantitative estimate of drug-likeness (QED) is 0.0427. The smallest absolute Gasteiger partial charge is 0.357 e. The Morgan fingerprint density at radius 2 is 1.90 bits per heavy atom. The van der Waals surface area contributed by atoms with E-state index in [1.165, 1.54) is 16.4 Å². The lowest BCUT2D eigenvalue weighted by Crippen LogP contribution is -2.56. The minimum absolute atomic E-state index is 0.0679. The molecule has 2 amide bonds. The number of nitrogens with zero attached hydrogens (tertiary/aromatic N) is 3. The van der Waals surface area contributed by atoms with E-state index in [-0.39, 0.29) is 53.8 Å². The Kier molecular flexibility index (Phi) is 16.7. The molecular formula is C36H62N4O6SSi. The van der Waals surface area contributed by atoms with Crippen LogP contribution in [0, 0.1) is 30.1 Å². The zero-order valence-corrected chi connectivity index (χ0v) is 33.2. The van der Waals surface area contributed by atoms with Gasteiger partial charge in [-0.25, -0.2) is 14.8 Å². The zero-order chi connectivity index (χ0) is 36.2. The molecule has 12 heteroatoms. The second kappa shape index (κ2) is 19.2. The molecule has 0 radical (unpaired) electrons. The van der Waals surface area contributed by atoms with Gasteiger partial charge in [-0.05, 0) is 76.2 Å². The molecule has 0 unspecified atom stereocenters. The standard InChI is InChI=1S/C36H62N4O6SSi/c1-13-16-19-22-45-40(34(42)31(26(6)14-2)32(41)38-30-20-17-18-21-39(30)10)28(25(4)5)23-29(46-48(11,12)36(7,8)9)33-37-27(24-47-33)35(43)44-15-3/h1,24-26,28-31H,14-23H2,2-12H3,(H,38,41)/t26-,28+,29+,30+,31-/m0/s1. The summed E-state index contributed by atoms with van der Waals surface area (Å²) in [5.74, 6) is 0.296. The molecule has 0 spiro atoms. The van der Waals surface area contributed by atoms with E-state index < -0.39 is 32.4 Å². The number of hydrogen-bond acceptors (Lipinski definition) is 9. The molecule has 0 aromatic carbocycles. The Labute approximate surface area is 295 Å². The van der Waals surface area contributed by atoms with E-state index in [4.69, 9.17) is 20.4 Å². The Bertz CT molecular complexity index is 1230. The molecule has 1 aromatic heterocycles. The third-order valence-corrected chi connectivity index (χ3v) is 15.2. The van der Waals surface area contributed by atoms with Gasteiger partial charge in [0.2, 0.25) is 5.91 Å². The van der Waals surface area contributed by atoms with Crippen molar-refractivity contribution in [3.8, 4) is 12.3 Å². The number of carbonyl (C=O) groups is 3. The number of aromatic nitrogens is 1. The summed E-state index contributed by atoms with van der Waals surface area (Å²) in [7, 11) is -0.355. The van der Waals surface area contributed by atoms with Gasteiger partial charge in [0.25, 0.3) is 5.91 Å². The summed E-state index contributed by atoms with van der Waals surface area (Å²) in [4.78, 5) is 54.5. The normalized spacial score (nSPS) is 18.4. The molecular weight excluding hydrogens is 645 g/mol. The minimum Gasteiger partial charge on any atom is -0.461 e. The van der Waals surface area contributed by atoms with E-state index in [0.717, 1.165) is 25.8 Å². The Balaban J connectivity index is 2.58. The van der Waals surface area contributed by atoms with Crippen LogP contribution in [-0.4, -0.2) is 80.1 Å². The van der Waals surface area contributed by atoms with Crippen molar-refractivity contribution in [1.29, 1.82) is 0 Å². The largest absolute Gasteiger partial charge is 0.461 e. The van der Waals surface area contributed by atoms with Crippen LogP contribution in [0.25, 0.3) is 0 Å². The lowest BCUT2D eigenvalue weighted by molar-refractivity contribution is -0.214. The average molecular weight is 707 g/mol. The molecule has 5 atom stereocenters. The Hall–Kier alpha value is -2.30. The third-order valence-electron chi connectivity index (χ3n) is 9.81. The number of amides is 2. The fourth-order valence-electron chi connectivity index (χ4n) is 5.48. The predicted molar refractivity (Wildman–Crippen MR) is 195 cm³/mol. The molecule has 10 nitrogen and oxygen atoms in total. The number of nitrogens with one attached hydrogen (secondary N) is 1. The first kappa shape index (κ1) is 41.9. The van der Waals surface area contributed by atoms with Crippen LogP contribution in [0.4, 0.5) is 0 Å². The van der Waals surface area contributed by atoms with E-state index in [0.29, 0.717) is 30.7 Å². The van der Waals surface area contributed by atoms with E-state index in [9.17, 15) is 14.4 Å². The first-order chi connectivity index (χ1) is 22.5. The van der Waals surface area contributed by atoms with Crippen LogP contribution in [-0.2, 0) is 23.6 Å². The van der Waals surface area contributed by atoms with Gasteiger partial charge in [-0.2, -0.15) is 0 Å². The second-order valence-electron chi connectivity index (χ2n) is 14.9. The molecule has 272 valence electrons. The van der Waals surface area contributed by atoms with Crippen LogP contribution in [0.5, 0.6) is 0 Å². The highest BCUT2D eigenvalue weighted by Crippen LogP contribution is 2.42. The van der Waals surface area contributed by atoms with Crippen molar-refractivity contribution in [2.75, 3.05) is 26.8 Å². The number of esters is 1. The predicted octanol–water partition coefficient (Wildman–Crippen LogP) is 7.19. The highest BCUT2D eigenvalue weighted by atomic mass is 32.1. The number of piperidine rings is 1. The first-order valence-electron chi connectivity index (χ1n) is 17.7. The van der Waals surface area contributed by atoms with Gasteiger partial charge in [0.1, 0.15) is 10.9 Å². The van der Waals surface area contributed by atoms with Gasteiger partial charge < -0.3 is 14.5 Å². The van der Waals surface area contributed by atoms with Crippen LogP contribution >= 0.6 is 11.3 Å². The number of likely N-dealkylation sites (tertiary alicyclic amines) is 1. The second-order valence-corrected chi connectivity index (χ2v) is 20.5. The Morgan fingerprint density at radius 3 is 2.46 bits per heavy atom. The van der Waals surface area contributed by atoms with Gasteiger partial charge in [-0.15, -0.1) is 23.7 Å². The summed E-state index contributed by atoms with van der Waals surface area (Å²) in [6, 6.07) is -0.468. The van der Waals surface area contributed by atoms with E-state index in [2.05, 4.69) is 55.0 Å². The van der Waals surface area contributed by atoms with Crippen molar-refractivity contribution in [3.05, 3.63) is 16.1 Å². The minimum atomic E-state index is -2.36. The molecule has 0 bridgehead atoms. The van der Waals surface area contributed by atoms with Gasteiger partial charge >= 0.3 is 5.97 Å². The van der Waals surface area contributed by atoms with Crippen molar-refractivity contribution in [2.45, 2.75) is 137 Å². The van der Waals surface area contributed by atoms with E-state index in [1.54, 1.807) is 12.3 Å². The molecule has 0 saturated carbocycles. The number of terminal acetylenes is 1. The van der Waals surface area contributed by atoms with Crippen LogP contribution in [0.3, 0.4) is 0 Å². The fourth-order valence-corrected chi connectivity index (χ4v) is 7.67. The van der Waals surface area contributed by atoms with Gasteiger partial charge in [0.05, 0.1) is 31.5 Å². The van der Waals surface area contributed by atoms with E-state index in [1.807, 2.05) is 34.7 Å². The maximum absolute atomic E-state index is 14.7. The summed E-state index contributed by atoms with van der Waals surface area (Å²) in [6.07, 6.45) is 9.94. The molecule has 1 saturated heterocycles. The van der Waals surface area contributed by atoms with Crippen LogP contribution in [0.2, 0.25) is 18.1 Å². The summed E-state index contributed by atoms with van der Waals surface area (Å²) in [5.41, 5.74) is 0.237. The number of unbranched alkanes of at least 4 members (excludes halogenated alkanes) is 1. The number of hydrogen-bond donors (Lipinski definition) is 1. The van der Waals surface area contributed by atoms with Crippen molar-refractivity contribution >= 4 is 37.4 Å². The van der Waals surface area contributed by atoms with Crippen LogP contribution in [0.1, 0.15) is 122 Å². The van der Waals surface area contributed by atoms with Crippen molar-refractivity contribution in [2.24, 2.45) is 17.8 Å². The van der Waals surface area contributed by atoms with Crippen molar-refractivity contribution in [1.82, 2.24) is 20.3 Å². The van der Waals surface area contributed by atoms with Crippen LogP contribution < -0.4 is 5.32 Å². The highest BCUT2D eigenvalue weighted by Gasteiger charge is 2.44. The maximum Gasteiger partial charge on any atom is 0.357 e. The van der Waals surface area contributed by atoms with Gasteiger partial charge in [0, 0.05) is 18.2 Å². The number of ether oxygens (including phenoxy) is 1. The molecule has 1 aromatic rings. The molecule has 2 rings (SSSR count). The molecule has 1 aliphatic rings.